The molecule has 5 rings (SSSR count). The zero-order valence-corrected chi connectivity index (χ0v) is 14.9. The topological polar surface area (TPSA) is 42.0 Å². The van der Waals surface area contributed by atoms with Gasteiger partial charge in [0.05, 0.1) is 11.6 Å². The maximum Gasteiger partial charge on any atom is 0.161 e. The number of Topliss-reactive ketones (excluding diaryl/α,β-unsaturated/α-hetero) is 1. The third-order valence-corrected chi connectivity index (χ3v) is 5.59. The van der Waals surface area contributed by atoms with E-state index in [1.807, 2.05) is 42.6 Å². The highest BCUT2D eigenvalue weighted by Crippen LogP contribution is 2.47. The van der Waals surface area contributed by atoms with Gasteiger partial charge < -0.3 is 5.32 Å². The third kappa shape index (κ3) is 2.35. The molecule has 0 radical (unpaired) electrons. The minimum absolute atomic E-state index is 0.128. The molecule has 0 fully saturated rings. The molecule has 0 saturated carbocycles. The largest absolute Gasteiger partial charge is 0.373 e. The van der Waals surface area contributed by atoms with Crippen molar-refractivity contribution in [2.45, 2.75) is 25.3 Å². The number of rotatable bonds is 1. The number of allylic oxidation sites excluding steroid dienone is 1. The third-order valence-electron chi connectivity index (χ3n) is 5.33. The first-order valence-corrected chi connectivity index (χ1v) is 9.26. The molecule has 0 unspecified atom stereocenters. The minimum atomic E-state index is -0.128. The number of anilines is 1. The van der Waals surface area contributed by atoms with Crippen LogP contribution in [0.15, 0.2) is 60.3 Å². The zero-order valence-electron chi connectivity index (χ0n) is 14.1. The van der Waals surface area contributed by atoms with Gasteiger partial charge in [-0.2, -0.15) is 0 Å². The van der Waals surface area contributed by atoms with E-state index in [0.717, 1.165) is 46.1 Å². The van der Waals surface area contributed by atoms with Crippen molar-refractivity contribution in [2.75, 3.05) is 5.32 Å². The number of benzene rings is 2. The van der Waals surface area contributed by atoms with Crippen LogP contribution in [0.1, 0.15) is 36.4 Å². The lowest BCUT2D eigenvalue weighted by atomic mass is 9.77. The van der Waals surface area contributed by atoms with Crippen molar-refractivity contribution in [1.82, 2.24) is 4.98 Å². The van der Waals surface area contributed by atoms with Crippen LogP contribution in [0.25, 0.3) is 16.5 Å². The summed E-state index contributed by atoms with van der Waals surface area (Å²) in [7, 11) is 0. The Labute approximate surface area is 156 Å². The van der Waals surface area contributed by atoms with Crippen LogP contribution in [0.3, 0.4) is 0 Å². The van der Waals surface area contributed by atoms with Crippen molar-refractivity contribution in [1.29, 1.82) is 0 Å². The monoisotopic (exact) mass is 360 g/mol. The molecule has 26 heavy (non-hydrogen) atoms. The molecule has 0 spiro atoms. The van der Waals surface area contributed by atoms with Gasteiger partial charge in [-0.25, -0.2) is 0 Å². The maximum atomic E-state index is 12.9. The Hall–Kier alpha value is -2.65. The number of pyridine rings is 1. The standard InChI is InChI=1S/C22H17ClN2O/c23-14-8-6-13(7-9-14)22-21-16(3-1-5-19(21)26)20-15-4-2-12-24-17(15)10-11-18(20)25-22/h2,4,6-12,22,25H,1,3,5H2/t22-/m0/s1. The Morgan fingerprint density at radius 3 is 2.73 bits per heavy atom. The van der Waals surface area contributed by atoms with Crippen molar-refractivity contribution in [3.63, 3.8) is 0 Å². The van der Waals surface area contributed by atoms with Crippen LogP contribution in [0.2, 0.25) is 5.02 Å². The minimum Gasteiger partial charge on any atom is -0.373 e. The molecule has 3 nitrogen and oxygen atoms in total. The van der Waals surface area contributed by atoms with Gasteiger partial charge in [0.25, 0.3) is 0 Å². The van der Waals surface area contributed by atoms with Gasteiger partial charge in [0, 0.05) is 39.9 Å². The van der Waals surface area contributed by atoms with Crippen molar-refractivity contribution in [3.8, 4) is 0 Å². The Kier molecular flexibility index (Phi) is 3.57. The summed E-state index contributed by atoms with van der Waals surface area (Å²) in [5.41, 5.74) is 6.32. The van der Waals surface area contributed by atoms with Crippen LogP contribution in [0.5, 0.6) is 0 Å². The van der Waals surface area contributed by atoms with E-state index < -0.39 is 0 Å². The average molecular weight is 361 g/mol. The van der Waals surface area contributed by atoms with Gasteiger partial charge in [-0.3, -0.25) is 9.78 Å². The van der Waals surface area contributed by atoms with Crippen LogP contribution in [0, 0.1) is 0 Å². The quantitative estimate of drug-likeness (QED) is 0.617. The molecule has 1 aliphatic heterocycles. The molecule has 3 aromatic rings. The second kappa shape index (κ2) is 5.96. The molecule has 4 heteroatoms. The lowest BCUT2D eigenvalue weighted by Crippen LogP contribution is -2.27. The molecule has 1 atom stereocenters. The zero-order chi connectivity index (χ0) is 17.7. The molecule has 2 aromatic carbocycles. The molecule has 128 valence electrons. The molecule has 0 amide bonds. The van der Waals surface area contributed by atoms with Crippen molar-refractivity contribution >= 4 is 39.5 Å². The first-order valence-electron chi connectivity index (χ1n) is 8.89. The van der Waals surface area contributed by atoms with E-state index in [1.165, 1.54) is 5.57 Å². The normalized spacial score (nSPS) is 19.1. The fourth-order valence-corrected chi connectivity index (χ4v) is 4.31. The lowest BCUT2D eigenvalue weighted by molar-refractivity contribution is -0.116. The number of hydrogen-bond donors (Lipinski definition) is 1. The summed E-state index contributed by atoms with van der Waals surface area (Å²) in [4.78, 5) is 17.4. The second-order valence-electron chi connectivity index (χ2n) is 6.86. The fourth-order valence-electron chi connectivity index (χ4n) is 4.19. The summed E-state index contributed by atoms with van der Waals surface area (Å²) < 4.78 is 0. The average Bonchev–Trinajstić information content (AvgIpc) is 2.68. The van der Waals surface area contributed by atoms with Gasteiger partial charge in [0.15, 0.2) is 5.78 Å². The molecular formula is C22H17ClN2O. The smallest absolute Gasteiger partial charge is 0.161 e. The summed E-state index contributed by atoms with van der Waals surface area (Å²) >= 11 is 6.06. The highest BCUT2D eigenvalue weighted by Gasteiger charge is 2.34. The SMILES string of the molecule is O=C1CCCC2=C1[C@H](c1ccc(Cl)cc1)Nc1ccc3ncccc3c12. The number of nitrogens with one attached hydrogen (secondary N) is 1. The molecule has 2 heterocycles. The number of carbonyl (C=O) groups excluding carboxylic acids is 1. The number of carbonyl (C=O) groups is 1. The van der Waals surface area contributed by atoms with E-state index in [9.17, 15) is 4.79 Å². The summed E-state index contributed by atoms with van der Waals surface area (Å²) in [5.74, 6) is 0.241. The molecular weight excluding hydrogens is 344 g/mol. The van der Waals surface area contributed by atoms with Crippen LogP contribution in [-0.2, 0) is 4.79 Å². The molecule has 2 aliphatic rings. The Bertz CT molecular complexity index is 1070. The van der Waals surface area contributed by atoms with E-state index in [-0.39, 0.29) is 11.8 Å². The van der Waals surface area contributed by atoms with Crippen molar-refractivity contribution < 1.29 is 4.79 Å². The van der Waals surface area contributed by atoms with Crippen molar-refractivity contribution in [3.05, 3.63) is 76.5 Å². The summed E-state index contributed by atoms with van der Waals surface area (Å²) in [6.45, 7) is 0. The predicted octanol–water partition coefficient (Wildman–Crippen LogP) is 5.56. The highest BCUT2D eigenvalue weighted by molar-refractivity contribution is 6.30. The molecule has 1 aliphatic carbocycles. The summed E-state index contributed by atoms with van der Waals surface area (Å²) in [5, 5.41) is 5.41. The number of aromatic nitrogens is 1. The lowest BCUT2D eigenvalue weighted by Gasteiger charge is -2.35. The molecule has 1 N–H and O–H groups in total. The van der Waals surface area contributed by atoms with Crippen LogP contribution >= 0.6 is 11.6 Å². The van der Waals surface area contributed by atoms with Gasteiger partial charge in [-0.1, -0.05) is 29.8 Å². The number of fused-ring (bicyclic) bond motifs is 4. The molecule has 0 bridgehead atoms. The highest BCUT2D eigenvalue weighted by atomic mass is 35.5. The van der Waals surface area contributed by atoms with Gasteiger partial charge in [0.2, 0.25) is 0 Å². The number of hydrogen-bond acceptors (Lipinski definition) is 3. The van der Waals surface area contributed by atoms with E-state index >= 15 is 0 Å². The van der Waals surface area contributed by atoms with E-state index in [4.69, 9.17) is 11.6 Å². The van der Waals surface area contributed by atoms with E-state index in [1.54, 1.807) is 0 Å². The Morgan fingerprint density at radius 2 is 1.88 bits per heavy atom. The van der Waals surface area contributed by atoms with E-state index in [2.05, 4.69) is 22.4 Å². The van der Waals surface area contributed by atoms with Gasteiger partial charge in [-0.05, 0) is 54.3 Å². The second-order valence-corrected chi connectivity index (χ2v) is 7.29. The molecule has 0 saturated heterocycles. The summed E-state index contributed by atoms with van der Waals surface area (Å²) in [6.07, 6.45) is 4.25. The van der Waals surface area contributed by atoms with E-state index in [0.29, 0.717) is 11.4 Å². The van der Waals surface area contributed by atoms with Crippen LogP contribution in [0.4, 0.5) is 5.69 Å². The number of nitrogens with zero attached hydrogens (tertiary/aromatic N) is 1. The van der Waals surface area contributed by atoms with Crippen molar-refractivity contribution in [2.24, 2.45) is 0 Å². The van der Waals surface area contributed by atoms with Crippen LogP contribution in [-0.4, -0.2) is 10.8 Å². The Balaban J connectivity index is 1.78. The fraction of sp³-hybridized carbons (Fsp3) is 0.182. The predicted molar refractivity (Wildman–Crippen MR) is 105 cm³/mol. The Morgan fingerprint density at radius 1 is 1.04 bits per heavy atom. The summed E-state index contributed by atoms with van der Waals surface area (Å²) in [6, 6.07) is 15.8. The molecule has 1 aromatic heterocycles. The van der Waals surface area contributed by atoms with Gasteiger partial charge in [0.1, 0.15) is 0 Å². The first-order chi connectivity index (χ1) is 12.7. The van der Waals surface area contributed by atoms with Gasteiger partial charge in [-0.15, -0.1) is 0 Å². The number of halogens is 1. The maximum absolute atomic E-state index is 12.9. The van der Waals surface area contributed by atoms with Crippen LogP contribution < -0.4 is 5.32 Å². The number of ketones is 1. The van der Waals surface area contributed by atoms with Gasteiger partial charge >= 0.3 is 0 Å². The first kappa shape index (κ1) is 15.6.